The molecule has 0 atom stereocenters. The van der Waals surface area contributed by atoms with E-state index in [2.05, 4.69) is 13.8 Å². The maximum Gasteiger partial charge on any atom is 0.168 e. The highest BCUT2D eigenvalue weighted by molar-refractivity contribution is 6.17. The zero-order chi connectivity index (χ0) is 16.4. The molecule has 0 spiro atoms. The highest BCUT2D eigenvalue weighted by Gasteiger charge is 2.28. The molecule has 0 fully saturated rings. The van der Waals surface area contributed by atoms with E-state index in [1.54, 1.807) is 0 Å². The summed E-state index contributed by atoms with van der Waals surface area (Å²) in [6, 6.07) is 14.9. The Bertz CT molecular complexity index is 789. The quantitative estimate of drug-likeness (QED) is 0.635. The molecule has 1 aliphatic heterocycles. The highest BCUT2D eigenvalue weighted by Crippen LogP contribution is 2.29. The standard InChI is InChI=1S/C20H19NO2/c1-20(2)12-16-9-8-14(13-22)10-17(16)18(21-20)11-19(23)15-6-4-3-5-7-15/h3-10,13H,11-12H2,1-2H3. The van der Waals surface area contributed by atoms with Gasteiger partial charge >= 0.3 is 0 Å². The van der Waals surface area contributed by atoms with E-state index in [1.807, 2.05) is 48.5 Å². The Hall–Kier alpha value is -2.55. The Balaban J connectivity index is 1.98. The first kappa shape index (κ1) is 15.3. The molecule has 1 aliphatic rings. The van der Waals surface area contributed by atoms with Crippen LogP contribution >= 0.6 is 0 Å². The minimum Gasteiger partial charge on any atom is -0.298 e. The van der Waals surface area contributed by atoms with Crippen molar-refractivity contribution in [3.05, 3.63) is 70.8 Å². The second kappa shape index (κ2) is 5.92. The van der Waals surface area contributed by atoms with Gasteiger partial charge in [-0.3, -0.25) is 14.6 Å². The summed E-state index contributed by atoms with van der Waals surface area (Å²) in [7, 11) is 0. The van der Waals surface area contributed by atoms with Crippen LogP contribution in [0.3, 0.4) is 0 Å². The molecular weight excluding hydrogens is 286 g/mol. The highest BCUT2D eigenvalue weighted by atomic mass is 16.1. The summed E-state index contributed by atoms with van der Waals surface area (Å²) >= 11 is 0. The lowest BCUT2D eigenvalue weighted by atomic mass is 9.84. The molecule has 2 aromatic rings. The smallest absolute Gasteiger partial charge is 0.168 e. The third-order valence-electron chi connectivity index (χ3n) is 4.07. The van der Waals surface area contributed by atoms with Crippen LogP contribution in [0, 0.1) is 0 Å². The van der Waals surface area contributed by atoms with E-state index in [0.29, 0.717) is 11.1 Å². The molecule has 23 heavy (non-hydrogen) atoms. The predicted molar refractivity (Wildman–Crippen MR) is 91.5 cm³/mol. The number of benzene rings is 2. The topological polar surface area (TPSA) is 46.5 Å². The number of Topliss-reactive ketones (excluding diaryl/α,β-unsaturated/α-hetero) is 1. The number of carbonyl (C=O) groups excluding carboxylic acids is 2. The van der Waals surface area contributed by atoms with Gasteiger partial charge in [0.2, 0.25) is 0 Å². The van der Waals surface area contributed by atoms with E-state index in [0.717, 1.165) is 29.5 Å². The Morgan fingerprint density at radius 3 is 2.61 bits per heavy atom. The van der Waals surface area contributed by atoms with E-state index in [4.69, 9.17) is 4.99 Å². The molecule has 3 rings (SSSR count). The number of aldehydes is 1. The van der Waals surface area contributed by atoms with E-state index in [9.17, 15) is 9.59 Å². The van der Waals surface area contributed by atoms with Crippen LogP contribution in [0.5, 0.6) is 0 Å². The number of aliphatic imine (C=N–C) groups is 1. The molecule has 1 heterocycles. The van der Waals surface area contributed by atoms with Crippen LogP contribution in [0.1, 0.15) is 52.1 Å². The minimum absolute atomic E-state index is 0.0458. The average Bonchev–Trinajstić information content (AvgIpc) is 2.54. The number of carbonyl (C=O) groups is 2. The van der Waals surface area contributed by atoms with Gasteiger partial charge in [0, 0.05) is 11.1 Å². The van der Waals surface area contributed by atoms with Crippen molar-refractivity contribution in [2.24, 2.45) is 4.99 Å². The van der Waals surface area contributed by atoms with Crippen LogP contribution in [0.15, 0.2) is 53.5 Å². The largest absolute Gasteiger partial charge is 0.298 e. The summed E-state index contributed by atoms with van der Waals surface area (Å²) in [5.41, 5.74) is 3.91. The van der Waals surface area contributed by atoms with Crippen molar-refractivity contribution in [1.29, 1.82) is 0 Å². The SMILES string of the molecule is CC1(C)Cc2ccc(C=O)cc2C(CC(=O)c2ccccc2)=N1. The molecule has 0 unspecified atom stereocenters. The van der Waals surface area contributed by atoms with Crippen LogP contribution in [-0.2, 0) is 6.42 Å². The summed E-state index contributed by atoms with van der Waals surface area (Å²) in [6.45, 7) is 4.13. The van der Waals surface area contributed by atoms with Crippen molar-refractivity contribution in [1.82, 2.24) is 0 Å². The van der Waals surface area contributed by atoms with Gasteiger partial charge in [-0.1, -0.05) is 42.5 Å². The van der Waals surface area contributed by atoms with Gasteiger partial charge in [-0.2, -0.15) is 0 Å². The second-order valence-electron chi connectivity index (χ2n) is 6.55. The number of hydrogen-bond donors (Lipinski definition) is 0. The van der Waals surface area contributed by atoms with Gasteiger partial charge in [-0.05, 0) is 37.5 Å². The molecule has 2 aromatic carbocycles. The summed E-state index contributed by atoms with van der Waals surface area (Å²) in [5, 5.41) is 0. The summed E-state index contributed by atoms with van der Waals surface area (Å²) in [5.74, 6) is 0.0458. The Labute approximate surface area is 136 Å². The van der Waals surface area contributed by atoms with Gasteiger partial charge in [0.15, 0.2) is 5.78 Å². The number of ketones is 1. The van der Waals surface area contributed by atoms with Gasteiger partial charge in [0.25, 0.3) is 0 Å². The maximum absolute atomic E-state index is 12.5. The molecule has 116 valence electrons. The minimum atomic E-state index is -0.234. The molecule has 0 saturated carbocycles. The Morgan fingerprint density at radius 1 is 1.17 bits per heavy atom. The first-order valence-corrected chi connectivity index (χ1v) is 7.74. The molecular formula is C20H19NO2. The zero-order valence-corrected chi connectivity index (χ0v) is 13.4. The second-order valence-corrected chi connectivity index (χ2v) is 6.55. The molecule has 0 saturated heterocycles. The van der Waals surface area contributed by atoms with Crippen molar-refractivity contribution in [2.75, 3.05) is 0 Å². The Kier molecular flexibility index (Phi) is 3.95. The predicted octanol–water partition coefficient (Wildman–Crippen LogP) is 3.90. The summed E-state index contributed by atoms with van der Waals surface area (Å²) in [6.07, 6.45) is 1.89. The molecule has 0 amide bonds. The normalized spacial score (nSPS) is 15.5. The molecule has 0 aromatic heterocycles. The van der Waals surface area contributed by atoms with Crippen LogP contribution in [-0.4, -0.2) is 23.3 Å². The van der Waals surface area contributed by atoms with E-state index in [-0.39, 0.29) is 17.7 Å². The Morgan fingerprint density at radius 2 is 1.91 bits per heavy atom. The summed E-state index contributed by atoms with van der Waals surface area (Å²) < 4.78 is 0. The van der Waals surface area contributed by atoms with E-state index < -0.39 is 0 Å². The van der Waals surface area contributed by atoms with Gasteiger partial charge in [0.1, 0.15) is 6.29 Å². The number of rotatable bonds is 4. The fourth-order valence-electron chi connectivity index (χ4n) is 3.03. The fraction of sp³-hybridized carbons (Fsp3) is 0.250. The molecule has 0 N–H and O–H groups in total. The lowest BCUT2D eigenvalue weighted by Crippen LogP contribution is -2.30. The van der Waals surface area contributed by atoms with Crippen molar-refractivity contribution in [2.45, 2.75) is 32.2 Å². The van der Waals surface area contributed by atoms with E-state index in [1.165, 1.54) is 0 Å². The number of nitrogens with zero attached hydrogens (tertiary/aromatic N) is 1. The van der Waals surface area contributed by atoms with Crippen molar-refractivity contribution >= 4 is 17.8 Å². The molecule has 3 heteroatoms. The van der Waals surface area contributed by atoms with Gasteiger partial charge in [-0.15, -0.1) is 0 Å². The third kappa shape index (κ3) is 3.29. The average molecular weight is 305 g/mol. The molecule has 0 aliphatic carbocycles. The van der Waals surface area contributed by atoms with Gasteiger partial charge < -0.3 is 0 Å². The van der Waals surface area contributed by atoms with Gasteiger partial charge in [-0.25, -0.2) is 0 Å². The lowest BCUT2D eigenvalue weighted by molar-refractivity contribution is 0.1000. The lowest BCUT2D eigenvalue weighted by Gasteiger charge is -2.29. The first-order chi connectivity index (χ1) is 11.0. The summed E-state index contributed by atoms with van der Waals surface area (Å²) in [4.78, 5) is 28.4. The van der Waals surface area contributed by atoms with Crippen LogP contribution in [0.4, 0.5) is 0 Å². The number of hydrogen-bond acceptors (Lipinski definition) is 3. The maximum atomic E-state index is 12.5. The zero-order valence-electron chi connectivity index (χ0n) is 13.4. The van der Waals surface area contributed by atoms with Crippen LogP contribution in [0.25, 0.3) is 0 Å². The number of fused-ring (bicyclic) bond motifs is 1. The van der Waals surface area contributed by atoms with Crippen molar-refractivity contribution in [3.8, 4) is 0 Å². The molecule has 0 bridgehead atoms. The van der Waals surface area contributed by atoms with Crippen LogP contribution in [0.2, 0.25) is 0 Å². The van der Waals surface area contributed by atoms with Crippen molar-refractivity contribution < 1.29 is 9.59 Å². The van der Waals surface area contributed by atoms with E-state index >= 15 is 0 Å². The van der Waals surface area contributed by atoms with Crippen LogP contribution < -0.4 is 0 Å². The first-order valence-electron chi connectivity index (χ1n) is 7.74. The fourth-order valence-corrected chi connectivity index (χ4v) is 3.03. The van der Waals surface area contributed by atoms with Gasteiger partial charge in [0.05, 0.1) is 17.7 Å². The third-order valence-corrected chi connectivity index (χ3v) is 4.07. The monoisotopic (exact) mass is 305 g/mol. The molecule has 3 nitrogen and oxygen atoms in total. The van der Waals surface area contributed by atoms with Crippen molar-refractivity contribution in [3.63, 3.8) is 0 Å². The molecule has 0 radical (unpaired) electrons.